The van der Waals surface area contributed by atoms with E-state index in [1.807, 2.05) is 13.8 Å². The number of carbonyl (C=O) groups excluding carboxylic acids is 1. The van der Waals surface area contributed by atoms with Crippen LogP contribution in [0.1, 0.15) is 27.2 Å². The highest BCUT2D eigenvalue weighted by atomic mass is 16.5. The molecule has 3 nitrogen and oxygen atoms in total. The molecule has 1 atom stereocenters. The molecule has 0 aromatic carbocycles. The largest absolute Gasteiger partial charge is 0.465 e. The van der Waals surface area contributed by atoms with Gasteiger partial charge >= 0.3 is 5.97 Å². The molecule has 0 aliphatic heterocycles. The zero-order valence-electron chi connectivity index (χ0n) is 7.46. The van der Waals surface area contributed by atoms with E-state index in [1.165, 1.54) is 0 Å². The zero-order chi connectivity index (χ0) is 8.85. The molecule has 11 heavy (non-hydrogen) atoms. The van der Waals surface area contributed by atoms with Crippen LogP contribution in [-0.4, -0.2) is 18.6 Å². The molecule has 0 aromatic rings. The van der Waals surface area contributed by atoms with E-state index < -0.39 is 6.04 Å². The van der Waals surface area contributed by atoms with E-state index >= 15 is 0 Å². The molecule has 0 unspecified atom stereocenters. The van der Waals surface area contributed by atoms with Crippen LogP contribution in [0.5, 0.6) is 0 Å². The summed E-state index contributed by atoms with van der Waals surface area (Å²) in [5.41, 5.74) is 5.53. The first-order valence-electron chi connectivity index (χ1n) is 4.00. The van der Waals surface area contributed by atoms with Gasteiger partial charge in [-0.1, -0.05) is 13.8 Å². The lowest BCUT2D eigenvalue weighted by molar-refractivity contribution is -0.145. The molecule has 0 amide bonds. The van der Waals surface area contributed by atoms with E-state index in [0.717, 1.165) is 0 Å². The average molecular weight is 159 g/mol. The molecule has 3 heteroatoms. The summed E-state index contributed by atoms with van der Waals surface area (Å²) >= 11 is 0. The van der Waals surface area contributed by atoms with Gasteiger partial charge in [-0.3, -0.25) is 4.79 Å². The molecule has 0 spiro atoms. The summed E-state index contributed by atoms with van der Waals surface area (Å²) in [5, 5.41) is 0. The van der Waals surface area contributed by atoms with E-state index in [9.17, 15) is 4.79 Å². The first-order chi connectivity index (χ1) is 5.07. The van der Waals surface area contributed by atoms with Crippen LogP contribution >= 0.6 is 0 Å². The van der Waals surface area contributed by atoms with E-state index in [-0.39, 0.29) is 5.97 Å². The normalized spacial score (nSPS) is 13.2. The summed E-state index contributed by atoms with van der Waals surface area (Å²) in [6, 6.07) is -0.449. The summed E-state index contributed by atoms with van der Waals surface area (Å²) in [7, 11) is 0. The van der Waals surface area contributed by atoms with Gasteiger partial charge in [-0.2, -0.15) is 0 Å². The van der Waals surface area contributed by atoms with E-state index in [0.29, 0.717) is 18.9 Å². The molecule has 0 saturated heterocycles. The van der Waals surface area contributed by atoms with Crippen molar-refractivity contribution in [3.05, 3.63) is 0 Å². The Bertz CT molecular complexity index is 123. The fourth-order valence-corrected chi connectivity index (χ4v) is 0.853. The number of hydrogen-bond acceptors (Lipinski definition) is 3. The molecule has 0 aliphatic rings. The highest BCUT2D eigenvalue weighted by Gasteiger charge is 2.15. The van der Waals surface area contributed by atoms with Gasteiger partial charge in [0, 0.05) is 0 Å². The summed E-state index contributed by atoms with van der Waals surface area (Å²) in [5.74, 6) is 0.149. The Morgan fingerprint density at radius 2 is 2.09 bits per heavy atom. The van der Waals surface area contributed by atoms with E-state index in [1.54, 1.807) is 6.92 Å². The third-order valence-electron chi connectivity index (χ3n) is 1.31. The lowest BCUT2D eigenvalue weighted by atomic mass is 10.1. The lowest BCUT2D eigenvalue weighted by Crippen LogP contribution is -2.33. The minimum Gasteiger partial charge on any atom is -0.465 e. The smallest absolute Gasteiger partial charge is 0.322 e. The highest BCUT2D eigenvalue weighted by Crippen LogP contribution is 2.03. The predicted octanol–water partition coefficient (Wildman–Crippen LogP) is 0.923. The molecule has 0 rings (SSSR count). The molecular weight excluding hydrogens is 142 g/mol. The molecule has 0 aliphatic carbocycles. The zero-order valence-corrected chi connectivity index (χ0v) is 7.46. The maximum Gasteiger partial charge on any atom is 0.322 e. The van der Waals surface area contributed by atoms with Crippen molar-refractivity contribution in [1.82, 2.24) is 0 Å². The van der Waals surface area contributed by atoms with E-state index in [4.69, 9.17) is 10.5 Å². The number of hydrogen-bond donors (Lipinski definition) is 1. The summed E-state index contributed by atoms with van der Waals surface area (Å²) < 4.78 is 4.74. The molecule has 0 heterocycles. The molecule has 2 N–H and O–H groups in total. The Morgan fingerprint density at radius 3 is 2.45 bits per heavy atom. The molecule has 66 valence electrons. The minimum atomic E-state index is -0.449. The number of esters is 1. The third-order valence-corrected chi connectivity index (χ3v) is 1.31. The van der Waals surface area contributed by atoms with Crippen LogP contribution < -0.4 is 5.73 Å². The number of carbonyl (C=O) groups is 1. The van der Waals surface area contributed by atoms with Crippen molar-refractivity contribution in [3.63, 3.8) is 0 Å². The first kappa shape index (κ1) is 10.4. The van der Waals surface area contributed by atoms with Gasteiger partial charge in [0.05, 0.1) is 6.61 Å². The van der Waals surface area contributed by atoms with Gasteiger partial charge in [0.1, 0.15) is 6.04 Å². The monoisotopic (exact) mass is 159 g/mol. The Morgan fingerprint density at radius 1 is 1.55 bits per heavy atom. The Hall–Kier alpha value is -0.570. The van der Waals surface area contributed by atoms with Crippen LogP contribution in [0.25, 0.3) is 0 Å². The van der Waals surface area contributed by atoms with Crippen molar-refractivity contribution in [2.45, 2.75) is 33.2 Å². The Kier molecular flexibility index (Phi) is 4.86. The van der Waals surface area contributed by atoms with Crippen molar-refractivity contribution >= 4 is 5.97 Å². The summed E-state index contributed by atoms with van der Waals surface area (Å²) in [4.78, 5) is 10.9. The third kappa shape index (κ3) is 4.79. The summed E-state index contributed by atoms with van der Waals surface area (Å²) in [6.45, 7) is 6.24. The molecule has 0 saturated carbocycles. The Labute approximate surface area is 67.9 Å². The molecule has 0 aromatic heterocycles. The molecule has 0 fully saturated rings. The van der Waals surface area contributed by atoms with Crippen molar-refractivity contribution in [2.75, 3.05) is 6.61 Å². The van der Waals surface area contributed by atoms with Gasteiger partial charge < -0.3 is 10.5 Å². The van der Waals surface area contributed by atoms with Crippen molar-refractivity contribution in [2.24, 2.45) is 11.7 Å². The van der Waals surface area contributed by atoms with Crippen LogP contribution in [0.4, 0.5) is 0 Å². The quantitative estimate of drug-likeness (QED) is 0.621. The van der Waals surface area contributed by atoms with Crippen LogP contribution in [0.3, 0.4) is 0 Å². The van der Waals surface area contributed by atoms with Crippen LogP contribution in [0.2, 0.25) is 0 Å². The minimum absolute atomic E-state index is 0.291. The fraction of sp³-hybridized carbons (Fsp3) is 0.875. The maximum atomic E-state index is 10.9. The van der Waals surface area contributed by atoms with Crippen molar-refractivity contribution in [1.29, 1.82) is 0 Å². The average Bonchev–Trinajstić information content (AvgIpc) is 1.86. The van der Waals surface area contributed by atoms with Gasteiger partial charge in [0.15, 0.2) is 0 Å². The highest BCUT2D eigenvalue weighted by molar-refractivity contribution is 5.75. The fourth-order valence-electron chi connectivity index (χ4n) is 0.853. The number of nitrogens with two attached hydrogens (primary N) is 1. The van der Waals surface area contributed by atoms with Crippen molar-refractivity contribution < 1.29 is 9.53 Å². The summed E-state index contributed by atoms with van der Waals surface area (Å²) in [6.07, 6.45) is 0.693. The topological polar surface area (TPSA) is 52.3 Å². The second-order valence-corrected chi connectivity index (χ2v) is 2.99. The molecular formula is C8H17NO2. The van der Waals surface area contributed by atoms with Crippen LogP contribution in [0.15, 0.2) is 0 Å². The van der Waals surface area contributed by atoms with Crippen LogP contribution in [-0.2, 0) is 9.53 Å². The van der Waals surface area contributed by atoms with Crippen LogP contribution in [0, 0.1) is 5.92 Å². The van der Waals surface area contributed by atoms with Gasteiger partial charge in [0.2, 0.25) is 0 Å². The van der Waals surface area contributed by atoms with Gasteiger partial charge in [0.25, 0.3) is 0 Å². The number of rotatable bonds is 4. The number of ether oxygens (including phenoxy) is 1. The first-order valence-corrected chi connectivity index (χ1v) is 4.00. The van der Waals surface area contributed by atoms with Gasteiger partial charge in [-0.25, -0.2) is 0 Å². The second-order valence-electron chi connectivity index (χ2n) is 2.99. The molecule has 0 bridgehead atoms. The van der Waals surface area contributed by atoms with Crippen molar-refractivity contribution in [3.8, 4) is 0 Å². The second kappa shape index (κ2) is 5.13. The van der Waals surface area contributed by atoms with Gasteiger partial charge in [-0.15, -0.1) is 0 Å². The lowest BCUT2D eigenvalue weighted by Gasteiger charge is -2.11. The van der Waals surface area contributed by atoms with E-state index in [2.05, 4.69) is 0 Å². The molecule has 0 radical (unpaired) electrons. The SMILES string of the molecule is CCOC(=O)[C@H](N)CC(C)C. The maximum absolute atomic E-state index is 10.9. The predicted molar refractivity (Wildman–Crippen MR) is 44.1 cm³/mol. The van der Waals surface area contributed by atoms with Gasteiger partial charge in [-0.05, 0) is 19.3 Å². The standard InChI is InChI=1S/C8H17NO2/c1-4-11-8(10)7(9)5-6(2)3/h6-7H,4-5,9H2,1-3H3/t7-/m1/s1. The Balaban J connectivity index is 3.64.